The van der Waals surface area contributed by atoms with Gasteiger partial charge in [0.2, 0.25) is 0 Å². The van der Waals surface area contributed by atoms with Crippen molar-refractivity contribution in [3.8, 4) is 0 Å². The molecule has 11 heteroatoms. The summed E-state index contributed by atoms with van der Waals surface area (Å²) in [4.78, 5) is 22.9. The van der Waals surface area contributed by atoms with Gasteiger partial charge in [0.25, 0.3) is 0 Å². The molecule has 0 unspecified atom stereocenters. The minimum absolute atomic E-state index is 0.0910. The minimum Gasteiger partial charge on any atom is -0.414 e. The van der Waals surface area contributed by atoms with Crippen molar-refractivity contribution in [2.75, 3.05) is 34.6 Å². The number of aliphatic imine (C=N–C) groups is 1. The molecule has 0 spiro atoms. The Morgan fingerprint density at radius 3 is 2.68 bits per heavy atom. The Kier molecular flexibility index (Phi) is 9.23. The first-order valence-electron chi connectivity index (χ1n) is 10.2. The Balaban J connectivity index is 2.21. The van der Waals surface area contributed by atoms with Gasteiger partial charge in [0.15, 0.2) is 14.1 Å². The summed E-state index contributed by atoms with van der Waals surface area (Å²) in [7, 11) is 3.35. The molecule has 1 aromatic heterocycles. The Bertz CT molecular complexity index is 825. The second-order valence-corrected chi connectivity index (χ2v) is 15.3. The van der Waals surface area contributed by atoms with Gasteiger partial charge in [-0.15, -0.1) is 0 Å². The van der Waals surface area contributed by atoms with E-state index in [-0.39, 0.29) is 24.0 Å². The zero-order chi connectivity index (χ0) is 23.4. The highest BCUT2D eigenvalue weighted by atomic mass is 127. The lowest BCUT2D eigenvalue weighted by Crippen LogP contribution is -2.44. The molecule has 1 aromatic rings. The Labute approximate surface area is 199 Å². The van der Waals surface area contributed by atoms with Crippen LogP contribution in [0.4, 0.5) is 5.82 Å². The lowest BCUT2D eigenvalue weighted by Gasteiger charge is -2.37. The highest BCUT2D eigenvalue weighted by molar-refractivity contribution is 14.1. The molecule has 1 aliphatic heterocycles. The number of rotatable bonds is 9. The molecule has 0 N–H and O–H groups in total. The fourth-order valence-electron chi connectivity index (χ4n) is 2.76. The summed E-state index contributed by atoms with van der Waals surface area (Å²) < 4.78 is 25.8. The summed E-state index contributed by atoms with van der Waals surface area (Å²) >= 11 is 2.12. The molecule has 0 saturated carbocycles. The van der Waals surface area contributed by atoms with Gasteiger partial charge < -0.3 is 23.5 Å². The quantitative estimate of drug-likeness (QED) is 0.149. The smallest absolute Gasteiger partial charge is 0.351 e. The van der Waals surface area contributed by atoms with Crippen molar-refractivity contribution in [1.29, 1.82) is 0 Å². The molecule has 0 radical (unpaired) electrons. The monoisotopic (exact) mass is 566 g/mol. The fourth-order valence-corrected chi connectivity index (χ4v) is 4.34. The second-order valence-electron chi connectivity index (χ2n) is 9.36. The van der Waals surface area contributed by atoms with Crippen LogP contribution in [0.15, 0.2) is 16.0 Å². The van der Waals surface area contributed by atoms with Crippen LogP contribution in [-0.2, 0) is 18.6 Å². The van der Waals surface area contributed by atoms with Gasteiger partial charge in [0.1, 0.15) is 19.1 Å². The molecule has 176 valence electrons. The Morgan fingerprint density at radius 2 is 2.10 bits per heavy atom. The molecule has 0 amide bonds. The van der Waals surface area contributed by atoms with Gasteiger partial charge in [-0.05, 0) is 40.7 Å². The van der Waals surface area contributed by atoms with Crippen LogP contribution in [-0.4, -0.2) is 75.9 Å². The number of halogens is 1. The third-order valence-corrected chi connectivity index (χ3v) is 10.9. The van der Waals surface area contributed by atoms with Crippen molar-refractivity contribution in [1.82, 2.24) is 14.5 Å². The third-order valence-electron chi connectivity index (χ3n) is 5.60. The van der Waals surface area contributed by atoms with E-state index in [9.17, 15) is 4.79 Å². The topological polar surface area (TPSA) is 87.4 Å². The normalized spacial score (nSPS) is 22.4. The largest absolute Gasteiger partial charge is 0.414 e. The van der Waals surface area contributed by atoms with Crippen molar-refractivity contribution >= 4 is 43.1 Å². The molecule has 3 atom stereocenters. The molecule has 31 heavy (non-hydrogen) atoms. The maximum atomic E-state index is 12.7. The maximum absolute atomic E-state index is 12.7. The Morgan fingerprint density at radius 1 is 1.42 bits per heavy atom. The predicted octanol–water partition coefficient (Wildman–Crippen LogP) is 3.37. The van der Waals surface area contributed by atoms with E-state index < -0.39 is 20.2 Å². The van der Waals surface area contributed by atoms with Crippen molar-refractivity contribution in [2.45, 2.75) is 63.8 Å². The fraction of sp³-hybridized carbons (Fsp3) is 0.750. The van der Waals surface area contributed by atoms with Crippen molar-refractivity contribution < 1.29 is 18.6 Å². The summed E-state index contributed by atoms with van der Waals surface area (Å²) in [6, 6.07) is 0. The van der Waals surface area contributed by atoms with E-state index in [1.807, 2.05) is 14.1 Å². The predicted molar refractivity (Wildman–Crippen MR) is 131 cm³/mol. The van der Waals surface area contributed by atoms with Crippen LogP contribution in [0.5, 0.6) is 0 Å². The first-order valence-corrected chi connectivity index (χ1v) is 14.2. The first kappa shape index (κ1) is 26.4. The van der Waals surface area contributed by atoms with Gasteiger partial charge in [0.05, 0.1) is 22.6 Å². The van der Waals surface area contributed by atoms with Crippen LogP contribution in [0.25, 0.3) is 0 Å². The maximum Gasteiger partial charge on any atom is 0.351 e. The van der Waals surface area contributed by atoms with Gasteiger partial charge in [-0.25, -0.2) is 9.79 Å². The van der Waals surface area contributed by atoms with E-state index in [1.54, 1.807) is 24.5 Å². The summed E-state index contributed by atoms with van der Waals surface area (Å²) in [6.07, 6.45) is 2.81. The van der Waals surface area contributed by atoms with Gasteiger partial charge in [-0.3, -0.25) is 4.57 Å². The van der Waals surface area contributed by atoms with Crippen molar-refractivity contribution in [2.24, 2.45) is 4.99 Å². The zero-order valence-electron chi connectivity index (χ0n) is 19.7. The van der Waals surface area contributed by atoms with E-state index >= 15 is 0 Å². The van der Waals surface area contributed by atoms with Crippen LogP contribution in [0.2, 0.25) is 18.1 Å². The number of methoxy groups -OCH3 is 1. The van der Waals surface area contributed by atoms with Gasteiger partial charge in [-0.1, -0.05) is 20.8 Å². The van der Waals surface area contributed by atoms with Crippen LogP contribution in [0.1, 0.15) is 33.4 Å². The molecule has 1 aliphatic rings. The highest BCUT2D eigenvalue weighted by Crippen LogP contribution is 2.38. The van der Waals surface area contributed by atoms with Crippen LogP contribution < -0.4 is 5.69 Å². The third kappa shape index (κ3) is 7.06. The summed E-state index contributed by atoms with van der Waals surface area (Å²) in [5.41, 5.74) is -0.409. The van der Waals surface area contributed by atoms with E-state index in [1.165, 1.54) is 4.57 Å². The molecule has 2 heterocycles. The standard InChI is InChI=1S/C20H35IN4O5Si/c1-20(2,3)31(7,8)29-11-16-15(28-13-27-6)9-17(30-16)25-10-14(21)18(23-19(25)26)22-12-24(4)5/h10,12,15-17H,9,11,13H2,1-8H3/t15-,16-,17-/m1/s1. The van der Waals surface area contributed by atoms with E-state index in [0.717, 1.165) is 3.57 Å². The number of ether oxygens (including phenoxy) is 3. The number of hydrogen-bond acceptors (Lipinski definition) is 7. The van der Waals surface area contributed by atoms with Crippen molar-refractivity contribution in [3.63, 3.8) is 0 Å². The molecular weight excluding hydrogens is 531 g/mol. The lowest BCUT2D eigenvalue weighted by atomic mass is 10.2. The average Bonchev–Trinajstić information content (AvgIpc) is 3.07. The van der Waals surface area contributed by atoms with Crippen LogP contribution >= 0.6 is 22.6 Å². The Hall–Kier alpha value is -0.863. The SMILES string of the molecule is COCO[C@@H]1C[C@H](n2cc(I)c(N=CN(C)C)nc2=O)O[C@@H]1CO[Si](C)(C)C(C)(C)C. The van der Waals surface area contributed by atoms with E-state index in [2.05, 4.69) is 66.4 Å². The summed E-state index contributed by atoms with van der Waals surface area (Å²) in [5.74, 6) is 0.388. The van der Waals surface area contributed by atoms with Crippen LogP contribution in [0.3, 0.4) is 0 Å². The molecule has 1 fully saturated rings. The first-order chi connectivity index (χ1) is 14.4. The number of aromatic nitrogens is 2. The van der Waals surface area contributed by atoms with Gasteiger partial charge in [-0.2, -0.15) is 4.98 Å². The molecule has 0 bridgehead atoms. The molecule has 1 saturated heterocycles. The molecule has 9 nitrogen and oxygen atoms in total. The molecule has 0 aliphatic carbocycles. The lowest BCUT2D eigenvalue weighted by molar-refractivity contribution is -0.106. The highest BCUT2D eigenvalue weighted by Gasteiger charge is 2.42. The molecule has 0 aromatic carbocycles. The molecule has 2 rings (SSSR count). The number of hydrogen-bond donors (Lipinski definition) is 0. The average molecular weight is 567 g/mol. The number of nitrogens with zero attached hydrogens (tertiary/aromatic N) is 4. The van der Waals surface area contributed by atoms with Gasteiger partial charge >= 0.3 is 5.69 Å². The second kappa shape index (κ2) is 10.8. The molecular formula is C20H35IN4O5Si. The van der Waals surface area contributed by atoms with Crippen molar-refractivity contribution in [3.05, 3.63) is 20.3 Å². The van der Waals surface area contributed by atoms with Gasteiger partial charge in [0, 0.05) is 33.8 Å². The summed E-state index contributed by atoms with van der Waals surface area (Å²) in [5, 5.41) is 0.0910. The van der Waals surface area contributed by atoms with E-state index in [0.29, 0.717) is 18.8 Å². The van der Waals surface area contributed by atoms with E-state index in [4.69, 9.17) is 18.6 Å². The minimum atomic E-state index is -1.95. The zero-order valence-corrected chi connectivity index (χ0v) is 22.9. The summed E-state index contributed by atoms with van der Waals surface area (Å²) in [6.45, 7) is 11.6. The van der Waals surface area contributed by atoms with Crippen LogP contribution in [0, 0.1) is 3.57 Å².